The fourth-order valence-electron chi connectivity index (χ4n) is 0.767. The minimum absolute atomic E-state index is 0.131. The molecule has 4 nitrogen and oxygen atoms in total. The minimum Gasteiger partial charge on any atom is -0.264 e. The fraction of sp³-hybridized carbons (Fsp3) is 0.286. The van der Waals surface area contributed by atoms with Crippen molar-refractivity contribution in [1.82, 2.24) is 4.98 Å². The zero-order chi connectivity index (χ0) is 8.10. The number of hydrogen-bond donors (Lipinski definition) is 0. The van der Waals surface area contributed by atoms with Crippen molar-refractivity contribution in [2.75, 3.05) is 0 Å². The van der Waals surface area contributed by atoms with E-state index in [1.165, 1.54) is 0 Å². The van der Waals surface area contributed by atoms with Crippen molar-refractivity contribution in [2.45, 2.75) is 13.0 Å². The standard InChI is InChI=1S/C7H8N4/c1-6(10-11-8)7-3-2-4-9-5-7/h2-6H,1H3/t6-/m1/s1. The van der Waals surface area contributed by atoms with Gasteiger partial charge in [0.15, 0.2) is 0 Å². The van der Waals surface area contributed by atoms with Gasteiger partial charge in [-0.15, -0.1) is 0 Å². The summed E-state index contributed by atoms with van der Waals surface area (Å²) in [5.74, 6) is 0. The summed E-state index contributed by atoms with van der Waals surface area (Å²) in [6, 6.07) is 3.57. The van der Waals surface area contributed by atoms with Gasteiger partial charge in [0.2, 0.25) is 0 Å². The molecule has 0 spiro atoms. The van der Waals surface area contributed by atoms with Gasteiger partial charge in [-0.05, 0) is 17.2 Å². The molecule has 1 aromatic heterocycles. The van der Waals surface area contributed by atoms with E-state index < -0.39 is 0 Å². The van der Waals surface area contributed by atoms with Crippen LogP contribution in [0.15, 0.2) is 29.6 Å². The number of rotatable bonds is 2. The average molecular weight is 148 g/mol. The van der Waals surface area contributed by atoms with Crippen molar-refractivity contribution < 1.29 is 0 Å². The van der Waals surface area contributed by atoms with Crippen LogP contribution in [-0.4, -0.2) is 4.98 Å². The Hall–Kier alpha value is -1.54. The first-order valence-electron chi connectivity index (χ1n) is 3.28. The third-order valence-electron chi connectivity index (χ3n) is 1.39. The topological polar surface area (TPSA) is 61.7 Å². The first kappa shape index (κ1) is 7.57. The Kier molecular flexibility index (Phi) is 2.47. The summed E-state index contributed by atoms with van der Waals surface area (Å²) in [5, 5.41) is 3.54. The lowest BCUT2D eigenvalue weighted by molar-refractivity contribution is 0.801. The fourth-order valence-corrected chi connectivity index (χ4v) is 0.767. The van der Waals surface area contributed by atoms with E-state index in [4.69, 9.17) is 5.53 Å². The van der Waals surface area contributed by atoms with Crippen molar-refractivity contribution in [2.24, 2.45) is 5.11 Å². The Bertz CT molecular complexity index is 263. The first-order chi connectivity index (χ1) is 5.34. The molecule has 56 valence electrons. The summed E-state index contributed by atoms with van der Waals surface area (Å²) in [7, 11) is 0. The van der Waals surface area contributed by atoms with E-state index in [-0.39, 0.29) is 6.04 Å². The van der Waals surface area contributed by atoms with Crippen LogP contribution in [0, 0.1) is 0 Å². The highest BCUT2D eigenvalue weighted by Crippen LogP contribution is 2.13. The average Bonchev–Trinajstić information content (AvgIpc) is 2.07. The number of azide groups is 1. The highest BCUT2D eigenvalue weighted by atomic mass is 15.1. The Morgan fingerprint density at radius 2 is 2.55 bits per heavy atom. The Morgan fingerprint density at radius 3 is 3.09 bits per heavy atom. The Labute approximate surface area is 64.5 Å². The van der Waals surface area contributed by atoms with Gasteiger partial charge in [-0.2, -0.15) is 0 Å². The van der Waals surface area contributed by atoms with Crippen LogP contribution in [-0.2, 0) is 0 Å². The lowest BCUT2D eigenvalue weighted by Gasteiger charge is -2.01. The molecule has 0 unspecified atom stereocenters. The molecule has 1 aromatic rings. The summed E-state index contributed by atoms with van der Waals surface area (Å²) in [4.78, 5) is 6.61. The maximum absolute atomic E-state index is 8.14. The van der Waals surface area contributed by atoms with Crippen molar-refractivity contribution in [3.05, 3.63) is 40.5 Å². The van der Waals surface area contributed by atoms with Crippen molar-refractivity contribution in [3.8, 4) is 0 Å². The molecule has 0 saturated carbocycles. The number of pyridine rings is 1. The summed E-state index contributed by atoms with van der Waals surface area (Å²) in [5.41, 5.74) is 9.07. The van der Waals surface area contributed by atoms with Gasteiger partial charge in [0.05, 0.1) is 6.04 Å². The molecule has 1 atom stereocenters. The van der Waals surface area contributed by atoms with Crippen LogP contribution in [0.1, 0.15) is 18.5 Å². The second-order valence-corrected chi connectivity index (χ2v) is 2.17. The monoisotopic (exact) mass is 148 g/mol. The van der Waals surface area contributed by atoms with Gasteiger partial charge in [0, 0.05) is 17.3 Å². The van der Waals surface area contributed by atoms with E-state index in [2.05, 4.69) is 15.0 Å². The highest BCUT2D eigenvalue weighted by molar-refractivity contribution is 5.12. The van der Waals surface area contributed by atoms with E-state index in [9.17, 15) is 0 Å². The van der Waals surface area contributed by atoms with Gasteiger partial charge in [-0.25, -0.2) is 0 Å². The van der Waals surface area contributed by atoms with E-state index in [0.717, 1.165) is 5.56 Å². The molecular formula is C7H8N4. The molecule has 0 aliphatic heterocycles. The zero-order valence-corrected chi connectivity index (χ0v) is 6.18. The third-order valence-corrected chi connectivity index (χ3v) is 1.39. The third kappa shape index (κ3) is 1.95. The normalized spacial score (nSPS) is 11.7. The molecule has 0 aromatic carbocycles. The maximum atomic E-state index is 8.14. The van der Waals surface area contributed by atoms with Crippen LogP contribution in [0.5, 0.6) is 0 Å². The number of nitrogens with zero attached hydrogens (tertiary/aromatic N) is 4. The molecular weight excluding hydrogens is 140 g/mol. The summed E-state index contributed by atoms with van der Waals surface area (Å²) in [6.07, 6.45) is 3.38. The highest BCUT2D eigenvalue weighted by Gasteiger charge is 1.99. The molecule has 11 heavy (non-hydrogen) atoms. The molecule has 4 heteroatoms. The molecule has 0 bridgehead atoms. The first-order valence-corrected chi connectivity index (χ1v) is 3.28. The quantitative estimate of drug-likeness (QED) is 0.361. The SMILES string of the molecule is C[C@@H](N=[N+]=[N-])c1cccnc1. The Morgan fingerprint density at radius 1 is 1.73 bits per heavy atom. The van der Waals surface area contributed by atoms with Gasteiger partial charge in [-0.1, -0.05) is 18.1 Å². The maximum Gasteiger partial charge on any atom is 0.0612 e. The molecule has 0 amide bonds. The molecule has 0 N–H and O–H groups in total. The van der Waals surface area contributed by atoms with Crippen LogP contribution in [0.4, 0.5) is 0 Å². The molecule has 0 fully saturated rings. The number of hydrogen-bond acceptors (Lipinski definition) is 2. The Balaban J connectivity index is 2.84. The van der Waals surface area contributed by atoms with E-state index in [1.54, 1.807) is 12.4 Å². The minimum atomic E-state index is -0.131. The van der Waals surface area contributed by atoms with Crippen LogP contribution < -0.4 is 0 Å². The van der Waals surface area contributed by atoms with Crippen molar-refractivity contribution in [1.29, 1.82) is 0 Å². The zero-order valence-electron chi connectivity index (χ0n) is 6.18. The molecule has 1 rings (SSSR count). The predicted octanol–water partition coefficient (Wildman–Crippen LogP) is 2.45. The molecule has 0 radical (unpaired) electrons. The summed E-state index contributed by atoms with van der Waals surface area (Å²) >= 11 is 0. The second kappa shape index (κ2) is 3.58. The van der Waals surface area contributed by atoms with E-state index in [1.807, 2.05) is 19.1 Å². The van der Waals surface area contributed by atoms with Gasteiger partial charge in [0.25, 0.3) is 0 Å². The summed E-state index contributed by atoms with van der Waals surface area (Å²) in [6.45, 7) is 1.83. The van der Waals surface area contributed by atoms with Gasteiger partial charge in [0.1, 0.15) is 0 Å². The van der Waals surface area contributed by atoms with E-state index in [0.29, 0.717) is 0 Å². The van der Waals surface area contributed by atoms with E-state index >= 15 is 0 Å². The van der Waals surface area contributed by atoms with Gasteiger partial charge < -0.3 is 0 Å². The largest absolute Gasteiger partial charge is 0.264 e. The lowest BCUT2D eigenvalue weighted by atomic mass is 10.2. The molecule has 0 saturated heterocycles. The molecule has 1 heterocycles. The van der Waals surface area contributed by atoms with Crippen LogP contribution in [0.3, 0.4) is 0 Å². The van der Waals surface area contributed by atoms with Crippen molar-refractivity contribution in [3.63, 3.8) is 0 Å². The van der Waals surface area contributed by atoms with Crippen LogP contribution >= 0.6 is 0 Å². The second-order valence-electron chi connectivity index (χ2n) is 2.17. The van der Waals surface area contributed by atoms with Gasteiger partial charge >= 0.3 is 0 Å². The molecule has 0 aliphatic rings. The molecule has 0 aliphatic carbocycles. The van der Waals surface area contributed by atoms with Crippen molar-refractivity contribution >= 4 is 0 Å². The lowest BCUT2D eigenvalue weighted by Crippen LogP contribution is -1.87. The number of aromatic nitrogens is 1. The smallest absolute Gasteiger partial charge is 0.0612 e. The van der Waals surface area contributed by atoms with Crippen LogP contribution in [0.25, 0.3) is 10.4 Å². The van der Waals surface area contributed by atoms with Gasteiger partial charge in [-0.3, -0.25) is 4.98 Å². The van der Waals surface area contributed by atoms with Crippen LogP contribution in [0.2, 0.25) is 0 Å². The predicted molar refractivity (Wildman–Crippen MR) is 41.8 cm³/mol. The summed E-state index contributed by atoms with van der Waals surface area (Å²) < 4.78 is 0.